The van der Waals surface area contributed by atoms with Crippen molar-refractivity contribution in [3.05, 3.63) is 65.2 Å². The third kappa shape index (κ3) is 2.52. The van der Waals surface area contributed by atoms with Gasteiger partial charge in [-0.15, -0.1) is 0 Å². The van der Waals surface area contributed by atoms with E-state index in [1.807, 2.05) is 38.1 Å². The maximum absolute atomic E-state index is 12.5. The summed E-state index contributed by atoms with van der Waals surface area (Å²) in [6, 6.07) is 14.6. The minimum absolute atomic E-state index is 0.376. The van der Waals surface area contributed by atoms with Crippen LogP contribution < -0.4 is 4.90 Å². The van der Waals surface area contributed by atoms with Crippen molar-refractivity contribution in [3.63, 3.8) is 0 Å². The van der Waals surface area contributed by atoms with E-state index >= 15 is 0 Å². The fraction of sp³-hybridized carbons (Fsp3) is 0.235. The fourth-order valence-electron chi connectivity index (χ4n) is 2.96. The number of benzene rings is 2. The first kappa shape index (κ1) is 14.8. The normalized spacial score (nSPS) is 20.4. The summed E-state index contributed by atoms with van der Waals surface area (Å²) in [4.78, 5) is 13.8. The van der Waals surface area contributed by atoms with Crippen LogP contribution in [0.3, 0.4) is 0 Å². The predicted octanol–water partition coefficient (Wildman–Crippen LogP) is 2.76. The second-order valence-corrected chi connectivity index (χ2v) is 7.74. The van der Waals surface area contributed by atoms with Crippen molar-refractivity contribution in [2.45, 2.75) is 19.2 Å². The fourth-order valence-corrected chi connectivity index (χ4v) is 4.73. The zero-order valence-electron chi connectivity index (χ0n) is 12.5. The number of amides is 1. The largest absolute Gasteiger partial charge is 0.290 e. The summed E-state index contributed by atoms with van der Waals surface area (Å²) >= 11 is 0. The Bertz CT molecular complexity index is 808. The monoisotopic (exact) mass is 315 g/mol. The molecule has 0 N–H and O–H groups in total. The van der Waals surface area contributed by atoms with Crippen molar-refractivity contribution in [2.24, 2.45) is 0 Å². The zero-order valence-corrected chi connectivity index (χ0v) is 13.3. The van der Waals surface area contributed by atoms with Gasteiger partial charge in [0.15, 0.2) is 15.2 Å². The molecule has 1 fully saturated rings. The number of aryl methyl sites for hydroxylation is 2. The molecule has 5 heteroatoms. The molecule has 1 aliphatic heterocycles. The highest BCUT2D eigenvalue weighted by Crippen LogP contribution is 2.37. The van der Waals surface area contributed by atoms with Crippen LogP contribution in [0, 0.1) is 13.8 Å². The molecule has 2 aromatic rings. The number of carbonyl (C=O) groups is 1. The van der Waals surface area contributed by atoms with Gasteiger partial charge in [0.1, 0.15) is 5.75 Å². The third-order valence-corrected chi connectivity index (χ3v) is 5.55. The molecular formula is C17H17NO3S. The van der Waals surface area contributed by atoms with E-state index in [0.29, 0.717) is 11.3 Å². The molecule has 0 saturated carbocycles. The van der Waals surface area contributed by atoms with E-state index in [0.717, 1.165) is 11.1 Å². The van der Waals surface area contributed by atoms with Crippen LogP contribution in [0.5, 0.6) is 0 Å². The molecule has 0 aliphatic carbocycles. The number of sulfone groups is 1. The molecule has 1 amide bonds. The van der Waals surface area contributed by atoms with E-state index in [-0.39, 0.29) is 5.91 Å². The van der Waals surface area contributed by atoms with Gasteiger partial charge in [0, 0.05) is 5.69 Å². The van der Waals surface area contributed by atoms with Gasteiger partial charge in [0.05, 0.1) is 0 Å². The summed E-state index contributed by atoms with van der Waals surface area (Å²) in [5, 5.41) is -0.942. The van der Waals surface area contributed by atoms with Gasteiger partial charge >= 0.3 is 0 Å². The zero-order chi connectivity index (χ0) is 15.9. The molecule has 1 heterocycles. The average molecular weight is 315 g/mol. The molecule has 1 atom stereocenters. The lowest BCUT2D eigenvalue weighted by molar-refractivity contribution is -0.115. The number of nitrogens with zero attached hydrogens (tertiary/aromatic N) is 1. The summed E-state index contributed by atoms with van der Waals surface area (Å²) in [5.41, 5.74) is 3.25. The first-order valence-corrected chi connectivity index (χ1v) is 8.77. The number of carbonyl (C=O) groups excluding carboxylic acids is 1. The molecule has 0 bridgehead atoms. The lowest BCUT2D eigenvalue weighted by Crippen LogP contribution is -2.29. The van der Waals surface area contributed by atoms with Gasteiger partial charge < -0.3 is 0 Å². The molecule has 3 rings (SSSR count). The van der Waals surface area contributed by atoms with Crippen LogP contribution >= 0.6 is 0 Å². The van der Waals surface area contributed by atoms with Gasteiger partial charge in [0.25, 0.3) is 0 Å². The Morgan fingerprint density at radius 3 is 2.18 bits per heavy atom. The molecule has 0 spiro atoms. The maximum atomic E-state index is 12.5. The van der Waals surface area contributed by atoms with Gasteiger partial charge in [-0.25, -0.2) is 8.42 Å². The van der Waals surface area contributed by atoms with E-state index in [9.17, 15) is 13.2 Å². The Hall–Kier alpha value is -2.14. The van der Waals surface area contributed by atoms with Gasteiger partial charge in [-0.2, -0.15) is 0 Å². The SMILES string of the molecule is Cc1cc(C)cc(N2C(=O)CS(=O)(=O)C2c2ccccc2)c1. The number of hydrogen-bond acceptors (Lipinski definition) is 3. The summed E-state index contributed by atoms with van der Waals surface area (Å²) in [6.45, 7) is 3.87. The molecule has 1 unspecified atom stereocenters. The lowest BCUT2D eigenvalue weighted by atomic mass is 10.1. The van der Waals surface area contributed by atoms with Crippen LogP contribution in [0.15, 0.2) is 48.5 Å². The van der Waals surface area contributed by atoms with E-state index in [4.69, 9.17) is 0 Å². The minimum atomic E-state index is -3.54. The summed E-state index contributed by atoms with van der Waals surface area (Å²) in [7, 11) is -3.54. The Morgan fingerprint density at radius 2 is 1.59 bits per heavy atom. The molecule has 0 aromatic heterocycles. The molecule has 22 heavy (non-hydrogen) atoms. The molecule has 114 valence electrons. The predicted molar refractivity (Wildman–Crippen MR) is 86.4 cm³/mol. The van der Waals surface area contributed by atoms with Crippen LogP contribution in [-0.2, 0) is 14.6 Å². The Kier molecular flexibility index (Phi) is 3.53. The third-order valence-electron chi connectivity index (χ3n) is 3.74. The van der Waals surface area contributed by atoms with Crippen LogP contribution in [-0.4, -0.2) is 20.1 Å². The first-order valence-electron chi connectivity index (χ1n) is 7.05. The van der Waals surface area contributed by atoms with Gasteiger partial charge in [-0.3, -0.25) is 9.69 Å². The lowest BCUT2D eigenvalue weighted by Gasteiger charge is -2.24. The van der Waals surface area contributed by atoms with Gasteiger partial charge in [-0.05, 0) is 42.7 Å². The number of anilines is 1. The molecule has 2 aromatic carbocycles. The molecule has 1 aliphatic rings. The molecule has 1 saturated heterocycles. The molecular weight excluding hydrogens is 298 g/mol. The van der Waals surface area contributed by atoms with E-state index < -0.39 is 21.0 Å². The summed E-state index contributed by atoms with van der Waals surface area (Å²) in [5.74, 6) is -0.821. The second-order valence-electron chi connectivity index (χ2n) is 5.68. The van der Waals surface area contributed by atoms with Crippen molar-refractivity contribution in [2.75, 3.05) is 10.7 Å². The standard InChI is InChI=1S/C17H17NO3S/c1-12-8-13(2)10-15(9-12)18-16(19)11-22(20,21)17(18)14-6-4-3-5-7-14/h3-10,17H,11H2,1-2H3. The van der Waals surface area contributed by atoms with Crippen LogP contribution in [0.4, 0.5) is 5.69 Å². The smallest absolute Gasteiger partial charge is 0.243 e. The highest BCUT2D eigenvalue weighted by Gasteiger charge is 2.45. The Morgan fingerprint density at radius 1 is 1.00 bits per heavy atom. The topological polar surface area (TPSA) is 54.5 Å². The van der Waals surface area contributed by atoms with Gasteiger partial charge in [-0.1, -0.05) is 36.4 Å². The highest BCUT2D eigenvalue weighted by molar-refractivity contribution is 7.93. The summed E-state index contributed by atoms with van der Waals surface area (Å²) < 4.78 is 24.9. The minimum Gasteiger partial charge on any atom is -0.290 e. The van der Waals surface area contributed by atoms with Crippen molar-refractivity contribution < 1.29 is 13.2 Å². The average Bonchev–Trinajstić information content (AvgIpc) is 2.67. The first-order chi connectivity index (χ1) is 10.4. The number of hydrogen-bond donors (Lipinski definition) is 0. The second kappa shape index (κ2) is 5.25. The van der Waals surface area contributed by atoms with Crippen LogP contribution in [0.2, 0.25) is 0 Å². The van der Waals surface area contributed by atoms with Crippen molar-refractivity contribution in [1.29, 1.82) is 0 Å². The number of rotatable bonds is 2. The van der Waals surface area contributed by atoms with E-state index in [1.165, 1.54) is 4.90 Å². The van der Waals surface area contributed by atoms with E-state index in [2.05, 4.69) is 0 Å². The molecule has 0 radical (unpaired) electrons. The van der Waals surface area contributed by atoms with E-state index in [1.54, 1.807) is 24.3 Å². The summed E-state index contributed by atoms with van der Waals surface area (Å²) in [6.07, 6.45) is 0. The maximum Gasteiger partial charge on any atom is 0.243 e. The van der Waals surface area contributed by atoms with Crippen molar-refractivity contribution >= 4 is 21.4 Å². The van der Waals surface area contributed by atoms with Crippen molar-refractivity contribution in [3.8, 4) is 0 Å². The highest BCUT2D eigenvalue weighted by atomic mass is 32.2. The van der Waals surface area contributed by atoms with Crippen LogP contribution in [0.1, 0.15) is 22.1 Å². The van der Waals surface area contributed by atoms with Crippen LogP contribution in [0.25, 0.3) is 0 Å². The molecule has 4 nitrogen and oxygen atoms in total. The van der Waals surface area contributed by atoms with Gasteiger partial charge in [0.2, 0.25) is 5.91 Å². The Labute approximate surface area is 130 Å². The quantitative estimate of drug-likeness (QED) is 0.856. The van der Waals surface area contributed by atoms with Crippen molar-refractivity contribution in [1.82, 2.24) is 0 Å². The Balaban J connectivity index is 2.17.